The first-order valence-corrected chi connectivity index (χ1v) is 15.2. The van der Waals surface area contributed by atoms with Crippen LogP contribution in [0.1, 0.15) is 53.4 Å². The van der Waals surface area contributed by atoms with Crippen molar-refractivity contribution in [3.8, 4) is 0 Å². The second kappa shape index (κ2) is 10.5. The highest BCUT2D eigenvalue weighted by Gasteiger charge is 2.72. The van der Waals surface area contributed by atoms with Crippen LogP contribution in [0, 0.1) is 17.3 Å². The largest absolute Gasteiger partial charge is 0.443 e. The summed E-state index contributed by atoms with van der Waals surface area (Å²) in [4.78, 5) is 25.3. The van der Waals surface area contributed by atoms with Crippen molar-refractivity contribution in [2.75, 3.05) is 0 Å². The lowest BCUT2D eigenvalue weighted by atomic mass is 9.44. The fraction of sp³-hybridized carbons (Fsp3) is 0.913. The molecular formula is C23H30F12O5Si. The lowest BCUT2D eigenvalue weighted by molar-refractivity contribution is -0.321. The second-order valence-corrected chi connectivity index (χ2v) is 17.0. The molecule has 0 saturated heterocycles. The van der Waals surface area contributed by atoms with E-state index in [9.17, 15) is 62.3 Å². The van der Waals surface area contributed by atoms with E-state index in [1.165, 1.54) is 6.92 Å². The number of esters is 2. The molecule has 0 unspecified atom stereocenters. The van der Waals surface area contributed by atoms with Crippen molar-refractivity contribution in [1.29, 1.82) is 0 Å². The lowest BCUT2D eigenvalue weighted by Crippen LogP contribution is -2.72. The Morgan fingerprint density at radius 2 is 1.12 bits per heavy atom. The van der Waals surface area contributed by atoms with Crippen LogP contribution >= 0.6 is 0 Å². The summed E-state index contributed by atoms with van der Waals surface area (Å²) in [6, 6.07) is 0. The number of hydrogen-bond acceptors (Lipinski definition) is 5. The zero-order chi connectivity index (χ0) is 32.4. The lowest BCUT2D eigenvalue weighted by Gasteiger charge is -2.67. The van der Waals surface area contributed by atoms with Crippen molar-refractivity contribution in [2.24, 2.45) is 17.3 Å². The normalized spacial score (nSPS) is 28.3. The van der Waals surface area contributed by atoms with E-state index in [1.54, 1.807) is 33.9 Å². The molecule has 2 aliphatic carbocycles. The van der Waals surface area contributed by atoms with Gasteiger partial charge in [-0.25, -0.2) is 0 Å². The molecule has 0 bridgehead atoms. The van der Waals surface area contributed by atoms with Crippen molar-refractivity contribution in [1.82, 2.24) is 0 Å². The summed E-state index contributed by atoms with van der Waals surface area (Å²) in [5.41, 5.74) is -3.23. The van der Waals surface area contributed by atoms with Crippen molar-refractivity contribution >= 4 is 20.3 Å². The topological polar surface area (TPSA) is 61.8 Å². The van der Waals surface area contributed by atoms with E-state index >= 15 is 0 Å². The van der Waals surface area contributed by atoms with Crippen LogP contribution < -0.4 is 0 Å². The van der Waals surface area contributed by atoms with Crippen LogP contribution in [0.2, 0.25) is 18.1 Å². The highest BCUT2D eigenvalue weighted by atomic mass is 28.4. The Morgan fingerprint density at radius 1 is 0.732 bits per heavy atom. The maximum Gasteiger partial charge on any atom is 0.434 e. The van der Waals surface area contributed by atoms with E-state index in [4.69, 9.17) is 4.43 Å². The van der Waals surface area contributed by atoms with Gasteiger partial charge < -0.3 is 13.9 Å². The SMILES string of the molecule is CC(C)(C)[Si](C)(C)O[C@@]12CC[C@@H](C(=O)OC(C(F)(F)F)C(F)(F)F)C[C@]1(C)C[C@@H]2C(=O)OC(C(F)(F)F)C(F)(F)F. The first-order valence-electron chi connectivity index (χ1n) is 12.3. The van der Waals surface area contributed by atoms with Gasteiger partial charge in [0, 0.05) is 0 Å². The maximum atomic E-state index is 13.1. The molecule has 5 nitrogen and oxygen atoms in total. The smallest absolute Gasteiger partial charge is 0.434 e. The Bertz CT molecular complexity index is 969. The van der Waals surface area contributed by atoms with Crippen molar-refractivity contribution in [3.05, 3.63) is 0 Å². The maximum absolute atomic E-state index is 13.1. The fourth-order valence-corrected chi connectivity index (χ4v) is 6.93. The number of alkyl halides is 12. The number of carbonyl (C=O) groups is 2. The molecule has 0 N–H and O–H groups in total. The average molecular weight is 643 g/mol. The molecule has 0 aromatic carbocycles. The van der Waals surface area contributed by atoms with E-state index in [0.29, 0.717) is 0 Å². The van der Waals surface area contributed by atoms with Crippen LogP contribution in [-0.4, -0.2) is 62.8 Å². The number of ether oxygens (including phenoxy) is 2. The van der Waals surface area contributed by atoms with Gasteiger partial charge in [0.2, 0.25) is 0 Å². The molecule has 41 heavy (non-hydrogen) atoms. The highest BCUT2D eigenvalue weighted by Crippen LogP contribution is 2.67. The van der Waals surface area contributed by atoms with E-state index in [-0.39, 0.29) is 0 Å². The minimum absolute atomic E-state index is 0.457. The molecule has 0 aromatic rings. The Labute approximate surface area is 228 Å². The van der Waals surface area contributed by atoms with E-state index in [1.807, 2.05) is 0 Å². The summed E-state index contributed by atoms with van der Waals surface area (Å²) in [6.45, 7) is 9.88. The number of rotatable bonds is 6. The third-order valence-corrected chi connectivity index (χ3v) is 12.8. The van der Waals surface area contributed by atoms with Gasteiger partial charge in [0.1, 0.15) is 0 Å². The predicted molar refractivity (Wildman–Crippen MR) is 119 cm³/mol. The Morgan fingerprint density at radius 3 is 1.46 bits per heavy atom. The Hall–Kier alpha value is -1.72. The second-order valence-electron chi connectivity index (χ2n) is 12.3. The average Bonchev–Trinajstić information content (AvgIpc) is 2.70. The summed E-state index contributed by atoms with van der Waals surface area (Å²) in [5, 5.41) is -0.615. The Balaban J connectivity index is 2.43. The number of fused-ring (bicyclic) bond motifs is 1. The third-order valence-electron chi connectivity index (χ3n) is 8.32. The molecule has 2 aliphatic rings. The zero-order valence-corrected chi connectivity index (χ0v) is 23.7. The summed E-state index contributed by atoms with van der Waals surface area (Å²) in [5.74, 6) is -6.97. The molecule has 2 fully saturated rings. The van der Waals surface area contributed by atoms with Gasteiger partial charge in [-0.3, -0.25) is 9.59 Å². The molecule has 18 heteroatoms. The molecule has 4 atom stereocenters. The minimum atomic E-state index is -6.00. The van der Waals surface area contributed by atoms with Gasteiger partial charge in [-0.1, -0.05) is 27.7 Å². The quantitative estimate of drug-likeness (QED) is 0.169. The van der Waals surface area contributed by atoms with Gasteiger partial charge in [-0.15, -0.1) is 0 Å². The Kier molecular flexibility index (Phi) is 9.06. The summed E-state index contributed by atoms with van der Waals surface area (Å²) in [7, 11) is -2.99. The first-order chi connectivity index (χ1) is 17.9. The molecule has 0 aromatic heterocycles. The monoisotopic (exact) mass is 642 g/mol. The van der Waals surface area contributed by atoms with Crippen LogP contribution in [0.3, 0.4) is 0 Å². The highest BCUT2D eigenvalue weighted by molar-refractivity contribution is 6.74. The van der Waals surface area contributed by atoms with Gasteiger partial charge >= 0.3 is 36.6 Å². The third kappa shape index (κ3) is 7.09. The van der Waals surface area contributed by atoms with Crippen LogP contribution in [-0.2, 0) is 23.5 Å². The van der Waals surface area contributed by atoms with Crippen molar-refractivity contribution < 1.29 is 76.2 Å². The molecule has 0 spiro atoms. The molecule has 0 aliphatic heterocycles. The van der Waals surface area contributed by atoms with E-state index < -0.39 is 111 Å². The first kappa shape index (κ1) is 35.5. The number of hydrogen-bond donors (Lipinski definition) is 0. The predicted octanol–water partition coefficient (Wildman–Crippen LogP) is 7.65. The summed E-state index contributed by atoms with van der Waals surface area (Å²) >= 11 is 0. The zero-order valence-electron chi connectivity index (χ0n) is 22.7. The van der Waals surface area contributed by atoms with Crippen LogP contribution in [0.15, 0.2) is 0 Å². The number of carbonyl (C=O) groups excluding carboxylic acids is 2. The van der Waals surface area contributed by atoms with Crippen molar-refractivity contribution in [3.63, 3.8) is 0 Å². The van der Waals surface area contributed by atoms with Crippen molar-refractivity contribution in [2.45, 2.75) is 114 Å². The van der Waals surface area contributed by atoms with Crippen LogP contribution in [0.25, 0.3) is 0 Å². The summed E-state index contributed by atoms with van der Waals surface area (Å²) in [6.07, 6.45) is -34.8. The molecule has 2 saturated carbocycles. The molecule has 2 rings (SSSR count). The molecule has 240 valence electrons. The summed E-state index contributed by atoms with van der Waals surface area (Å²) < 4.78 is 170. The molecule has 0 radical (unpaired) electrons. The van der Waals surface area contributed by atoms with Gasteiger partial charge in [-0.05, 0) is 49.2 Å². The van der Waals surface area contributed by atoms with E-state index in [0.717, 1.165) is 0 Å². The van der Waals surface area contributed by atoms with Gasteiger partial charge in [-0.2, -0.15) is 52.7 Å². The molecule has 0 amide bonds. The van der Waals surface area contributed by atoms with Crippen LogP contribution in [0.4, 0.5) is 52.7 Å². The van der Waals surface area contributed by atoms with Gasteiger partial charge in [0.25, 0.3) is 12.2 Å². The molecule has 0 heterocycles. The molecular weight excluding hydrogens is 612 g/mol. The minimum Gasteiger partial charge on any atom is -0.443 e. The number of halogens is 12. The standard InChI is InChI=1S/C23H30F12O5Si/c1-17(2,3)41(5,6)40-19-8-7-11(13(36)38-15(20(24,25)26)21(27,28)29)9-18(19,4)10-12(19)14(37)39-16(22(30,31)32)23(33,34)35/h11-12,15-16H,7-10H2,1-6H3/t11-,12-,18-,19-/m1/s1. The van der Waals surface area contributed by atoms with Crippen LogP contribution in [0.5, 0.6) is 0 Å². The fourth-order valence-electron chi connectivity index (χ4n) is 5.22. The van der Waals surface area contributed by atoms with Gasteiger partial charge in [0.05, 0.1) is 17.4 Å². The van der Waals surface area contributed by atoms with Gasteiger partial charge in [0.15, 0.2) is 8.32 Å². The van der Waals surface area contributed by atoms with E-state index in [2.05, 4.69) is 9.47 Å².